The van der Waals surface area contributed by atoms with Crippen LogP contribution in [0, 0.1) is 0 Å². The van der Waals surface area contributed by atoms with Crippen LogP contribution in [0.25, 0.3) is 0 Å². The van der Waals surface area contributed by atoms with Crippen molar-refractivity contribution in [2.24, 2.45) is 0 Å². The summed E-state index contributed by atoms with van der Waals surface area (Å²) in [6.07, 6.45) is 2.81. The first-order valence-corrected chi connectivity index (χ1v) is 3.65. The fraction of sp³-hybridized carbons (Fsp3) is 0.857. The molecule has 1 saturated heterocycles. The summed E-state index contributed by atoms with van der Waals surface area (Å²) in [5.41, 5.74) is 0. The molecule has 58 valence electrons. The van der Waals surface area contributed by atoms with Crippen LogP contribution in [-0.4, -0.2) is 25.7 Å². The van der Waals surface area contributed by atoms with Gasteiger partial charge in [-0.3, -0.25) is 4.79 Å². The van der Waals surface area contributed by atoms with E-state index in [2.05, 4.69) is 5.32 Å². The molecule has 1 atom stereocenters. The highest BCUT2D eigenvalue weighted by atomic mass is 16.5. The van der Waals surface area contributed by atoms with Crippen molar-refractivity contribution in [2.45, 2.75) is 25.4 Å². The van der Waals surface area contributed by atoms with Crippen molar-refractivity contribution < 1.29 is 9.53 Å². The Morgan fingerprint density at radius 2 is 2.40 bits per heavy atom. The summed E-state index contributed by atoms with van der Waals surface area (Å²) >= 11 is 0. The zero-order chi connectivity index (χ0) is 7.40. The summed E-state index contributed by atoms with van der Waals surface area (Å²) in [6, 6.07) is 0. The summed E-state index contributed by atoms with van der Waals surface area (Å²) < 4.78 is 4.97. The number of methoxy groups -OCH3 is 1. The van der Waals surface area contributed by atoms with Gasteiger partial charge < -0.3 is 10.1 Å². The van der Waals surface area contributed by atoms with Gasteiger partial charge in [0.2, 0.25) is 5.91 Å². The van der Waals surface area contributed by atoms with Crippen molar-refractivity contribution in [3.8, 4) is 0 Å². The molecule has 1 unspecified atom stereocenters. The molecule has 10 heavy (non-hydrogen) atoms. The maximum Gasteiger partial charge on any atom is 0.249 e. The third kappa shape index (κ3) is 1.70. The van der Waals surface area contributed by atoms with E-state index in [1.165, 1.54) is 0 Å². The van der Waals surface area contributed by atoms with Gasteiger partial charge >= 0.3 is 0 Å². The zero-order valence-electron chi connectivity index (χ0n) is 6.22. The largest absolute Gasteiger partial charge is 0.372 e. The van der Waals surface area contributed by atoms with Crippen LogP contribution >= 0.6 is 0 Å². The molecule has 3 nitrogen and oxygen atoms in total. The molecule has 1 rings (SSSR count). The van der Waals surface area contributed by atoms with Crippen molar-refractivity contribution in [2.75, 3.05) is 13.7 Å². The number of rotatable bonds is 1. The maximum atomic E-state index is 11.0. The molecule has 1 fully saturated rings. The number of hydrogen-bond donors (Lipinski definition) is 1. The quantitative estimate of drug-likeness (QED) is 0.573. The standard InChI is InChI=1S/C7H13NO2/c1-10-6-4-2-3-5-8-7(6)9/h6H,2-5H2,1H3,(H,8,9). The van der Waals surface area contributed by atoms with Gasteiger partial charge in [-0.05, 0) is 19.3 Å². The lowest BCUT2D eigenvalue weighted by molar-refractivity contribution is -0.130. The molecule has 0 saturated carbocycles. The molecular weight excluding hydrogens is 130 g/mol. The van der Waals surface area contributed by atoms with Gasteiger partial charge in [-0.2, -0.15) is 0 Å². The molecular formula is C7H13NO2. The van der Waals surface area contributed by atoms with E-state index in [1.54, 1.807) is 7.11 Å². The number of carbonyl (C=O) groups excluding carboxylic acids is 1. The minimum absolute atomic E-state index is 0.0417. The van der Waals surface area contributed by atoms with Crippen LogP contribution in [0.3, 0.4) is 0 Å². The molecule has 0 bridgehead atoms. The van der Waals surface area contributed by atoms with Gasteiger partial charge in [0.1, 0.15) is 6.10 Å². The van der Waals surface area contributed by atoms with Gasteiger partial charge in [-0.1, -0.05) is 0 Å². The Hall–Kier alpha value is -0.570. The Morgan fingerprint density at radius 3 is 3.10 bits per heavy atom. The maximum absolute atomic E-state index is 11.0. The fourth-order valence-electron chi connectivity index (χ4n) is 1.14. The van der Waals surface area contributed by atoms with Gasteiger partial charge in [-0.15, -0.1) is 0 Å². The van der Waals surface area contributed by atoms with Gasteiger partial charge in [-0.25, -0.2) is 0 Å². The lowest BCUT2D eigenvalue weighted by Crippen LogP contribution is -2.33. The second-order valence-electron chi connectivity index (χ2n) is 2.51. The molecule has 0 aromatic heterocycles. The van der Waals surface area contributed by atoms with Crippen molar-refractivity contribution in [3.63, 3.8) is 0 Å². The topological polar surface area (TPSA) is 38.3 Å². The molecule has 0 spiro atoms. The summed E-state index contributed by atoms with van der Waals surface area (Å²) in [6.45, 7) is 0.804. The van der Waals surface area contributed by atoms with Crippen LogP contribution < -0.4 is 5.32 Å². The van der Waals surface area contributed by atoms with E-state index < -0.39 is 0 Å². The minimum Gasteiger partial charge on any atom is -0.372 e. The predicted octanol–water partition coefficient (Wildman–Crippen LogP) is 0.301. The third-order valence-electron chi connectivity index (χ3n) is 1.77. The molecule has 1 aliphatic rings. The first kappa shape index (κ1) is 7.54. The highest BCUT2D eigenvalue weighted by Gasteiger charge is 2.18. The Morgan fingerprint density at radius 1 is 1.60 bits per heavy atom. The first-order valence-electron chi connectivity index (χ1n) is 3.65. The molecule has 0 aromatic carbocycles. The van der Waals surface area contributed by atoms with E-state index in [4.69, 9.17) is 4.74 Å². The van der Waals surface area contributed by atoms with Crippen molar-refractivity contribution in [3.05, 3.63) is 0 Å². The van der Waals surface area contributed by atoms with Gasteiger partial charge in [0, 0.05) is 13.7 Å². The van der Waals surface area contributed by atoms with Crippen LogP contribution in [0.15, 0.2) is 0 Å². The van der Waals surface area contributed by atoms with E-state index in [1.807, 2.05) is 0 Å². The van der Waals surface area contributed by atoms with E-state index in [9.17, 15) is 4.79 Å². The van der Waals surface area contributed by atoms with Crippen LogP contribution in [0.1, 0.15) is 19.3 Å². The van der Waals surface area contributed by atoms with E-state index in [0.717, 1.165) is 25.8 Å². The number of carbonyl (C=O) groups is 1. The molecule has 3 heteroatoms. The van der Waals surface area contributed by atoms with E-state index >= 15 is 0 Å². The highest BCUT2D eigenvalue weighted by Crippen LogP contribution is 2.07. The second-order valence-corrected chi connectivity index (χ2v) is 2.51. The Labute approximate surface area is 60.7 Å². The molecule has 1 aliphatic heterocycles. The fourth-order valence-corrected chi connectivity index (χ4v) is 1.14. The predicted molar refractivity (Wildman–Crippen MR) is 37.7 cm³/mol. The summed E-state index contributed by atoms with van der Waals surface area (Å²) in [4.78, 5) is 11.0. The van der Waals surface area contributed by atoms with Crippen molar-refractivity contribution >= 4 is 5.91 Å². The van der Waals surface area contributed by atoms with E-state index in [-0.39, 0.29) is 12.0 Å². The Balaban J connectivity index is 2.43. The van der Waals surface area contributed by atoms with Crippen LogP contribution in [-0.2, 0) is 9.53 Å². The monoisotopic (exact) mass is 143 g/mol. The average Bonchev–Trinajstić information content (AvgIpc) is 2.13. The number of nitrogens with one attached hydrogen (secondary N) is 1. The summed E-state index contributed by atoms with van der Waals surface area (Å²) in [7, 11) is 1.58. The number of ether oxygens (including phenoxy) is 1. The SMILES string of the molecule is COC1CCCCNC1=O. The lowest BCUT2D eigenvalue weighted by atomic mass is 10.2. The molecule has 0 aliphatic carbocycles. The molecule has 1 amide bonds. The summed E-state index contributed by atoms with van der Waals surface area (Å²) in [5, 5.41) is 2.78. The van der Waals surface area contributed by atoms with Crippen molar-refractivity contribution in [1.29, 1.82) is 0 Å². The molecule has 1 N–H and O–H groups in total. The van der Waals surface area contributed by atoms with E-state index in [0.29, 0.717) is 0 Å². The third-order valence-corrected chi connectivity index (χ3v) is 1.77. The second kappa shape index (κ2) is 3.56. The summed E-state index contributed by atoms with van der Waals surface area (Å²) in [5.74, 6) is 0.0417. The van der Waals surface area contributed by atoms with Gasteiger partial charge in [0.25, 0.3) is 0 Å². The van der Waals surface area contributed by atoms with Crippen molar-refractivity contribution in [1.82, 2.24) is 5.32 Å². The first-order chi connectivity index (χ1) is 4.84. The average molecular weight is 143 g/mol. The van der Waals surface area contributed by atoms with Crippen LogP contribution in [0.2, 0.25) is 0 Å². The number of hydrogen-bond acceptors (Lipinski definition) is 2. The normalized spacial score (nSPS) is 27.3. The zero-order valence-corrected chi connectivity index (χ0v) is 6.22. The lowest BCUT2D eigenvalue weighted by Gasteiger charge is -2.09. The molecule has 0 aromatic rings. The van der Waals surface area contributed by atoms with Gasteiger partial charge in [0.05, 0.1) is 0 Å². The number of amides is 1. The smallest absolute Gasteiger partial charge is 0.249 e. The van der Waals surface area contributed by atoms with Crippen LogP contribution in [0.4, 0.5) is 0 Å². The molecule has 0 radical (unpaired) electrons. The highest BCUT2D eigenvalue weighted by molar-refractivity contribution is 5.80. The van der Waals surface area contributed by atoms with Crippen LogP contribution in [0.5, 0.6) is 0 Å². The Bertz CT molecular complexity index is 125. The minimum atomic E-state index is -0.206. The molecule has 1 heterocycles. The Kier molecular flexibility index (Phi) is 2.68. The van der Waals surface area contributed by atoms with Gasteiger partial charge in [0.15, 0.2) is 0 Å².